The molecule has 0 aliphatic carbocycles. The van der Waals surface area contributed by atoms with Crippen LogP contribution in [0.1, 0.15) is 28.3 Å². The van der Waals surface area contributed by atoms with E-state index in [-0.39, 0.29) is 17.3 Å². The Kier molecular flexibility index (Phi) is 4.52. The highest BCUT2D eigenvalue weighted by Gasteiger charge is 2.46. The Labute approximate surface area is 173 Å². The summed E-state index contributed by atoms with van der Waals surface area (Å²) in [6.07, 6.45) is 3.56. The van der Waals surface area contributed by atoms with Crippen molar-refractivity contribution in [3.05, 3.63) is 64.5 Å². The number of nitrogens with zero attached hydrogens (tertiary/aromatic N) is 4. The third-order valence-electron chi connectivity index (χ3n) is 6.39. The van der Waals surface area contributed by atoms with E-state index in [0.29, 0.717) is 13.1 Å². The van der Waals surface area contributed by atoms with Crippen molar-refractivity contribution in [3.63, 3.8) is 0 Å². The molecule has 7 heteroatoms. The topological polar surface area (TPSA) is 41.4 Å². The molecule has 0 radical (unpaired) electrons. The number of thiophene rings is 1. The summed E-state index contributed by atoms with van der Waals surface area (Å²) >= 11 is 1.49. The fourth-order valence-electron chi connectivity index (χ4n) is 4.73. The number of halogens is 1. The van der Waals surface area contributed by atoms with Crippen LogP contribution in [0.25, 0.3) is 11.3 Å². The van der Waals surface area contributed by atoms with Crippen LogP contribution in [0.3, 0.4) is 0 Å². The molecule has 0 atom stereocenters. The fourth-order valence-corrected chi connectivity index (χ4v) is 5.42. The van der Waals surface area contributed by atoms with Crippen LogP contribution >= 0.6 is 11.3 Å². The number of likely N-dealkylation sites (tertiary alicyclic amines) is 1. The van der Waals surface area contributed by atoms with E-state index in [1.54, 1.807) is 12.1 Å². The van der Waals surface area contributed by atoms with Crippen LogP contribution in [-0.4, -0.2) is 51.9 Å². The Hall–Kier alpha value is -2.51. The summed E-state index contributed by atoms with van der Waals surface area (Å²) in [5.74, 6) is 0.923. The second-order valence-electron chi connectivity index (χ2n) is 7.85. The zero-order chi connectivity index (χ0) is 20.0. The first-order valence-electron chi connectivity index (χ1n) is 9.94. The molecule has 0 bridgehead atoms. The van der Waals surface area contributed by atoms with Crippen LogP contribution in [-0.2, 0) is 12.1 Å². The lowest BCUT2D eigenvalue weighted by atomic mass is 9.83. The largest absolute Gasteiger partial charge is 0.338 e. The molecule has 150 valence electrons. The first-order chi connectivity index (χ1) is 14.1. The van der Waals surface area contributed by atoms with Gasteiger partial charge >= 0.3 is 0 Å². The monoisotopic (exact) mass is 410 g/mol. The van der Waals surface area contributed by atoms with Gasteiger partial charge in [-0.2, -0.15) is 0 Å². The molecule has 2 aliphatic rings. The minimum absolute atomic E-state index is 0.122. The predicted octanol–water partition coefficient (Wildman–Crippen LogP) is 3.83. The number of imidazole rings is 1. The number of likely N-dealkylation sites (N-methyl/N-ethyl adjacent to an activating group) is 1. The highest BCUT2D eigenvalue weighted by Crippen LogP contribution is 2.41. The van der Waals surface area contributed by atoms with Crippen molar-refractivity contribution in [2.45, 2.75) is 24.9 Å². The van der Waals surface area contributed by atoms with Gasteiger partial charge in [0.2, 0.25) is 0 Å². The predicted molar refractivity (Wildman–Crippen MR) is 111 cm³/mol. The summed E-state index contributed by atoms with van der Waals surface area (Å²) in [6, 6.07) is 10.5. The maximum Gasteiger partial charge on any atom is 0.263 e. The number of fused-ring (bicyclic) bond motifs is 2. The van der Waals surface area contributed by atoms with Gasteiger partial charge in [-0.3, -0.25) is 9.69 Å². The van der Waals surface area contributed by atoms with E-state index >= 15 is 0 Å². The van der Waals surface area contributed by atoms with Gasteiger partial charge in [-0.1, -0.05) is 18.2 Å². The third kappa shape index (κ3) is 3.00. The Bertz CT molecular complexity index is 1040. The van der Waals surface area contributed by atoms with Crippen molar-refractivity contribution in [3.8, 4) is 11.3 Å². The average Bonchev–Trinajstić information content (AvgIpc) is 3.41. The van der Waals surface area contributed by atoms with Crippen LogP contribution in [0.5, 0.6) is 0 Å². The number of hydrogen-bond donors (Lipinski definition) is 0. The van der Waals surface area contributed by atoms with Gasteiger partial charge in [0.15, 0.2) is 0 Å². The Morgan fingerprint density at radius 3 is 2.69 bits per heavy atom. The van der Waals surface area contributed by atoms with Gasteiger partial charge < -0.3 is 9.47 Å². The van der Waals surface area contributed by atoms with Crippen LogP contribution in [0, 0.1) is 5.82 Å². The van der Waals surface area contributed by atoms with E-state index in [1.807, 2.05) is 34.7 Å². The molecule has 0 unspecified atom stereocenters. The van der Waals surface area contributed by atoms with Gasteiger partial charge in [-0.25, -0.2) is 9.37 Å². The van der Waals surface area contributed by atoms with Gasteiger partial charge in [-0.05, 0) is 43.5 Å². The van der Waals surface area contributed by atoms with Crippen molar-refractivity contribution in [2.24, 2.45) is 0 Å². The Balaban J connectivity index is 1.45. The van der Waals surface area contributed by atoms with Crippen molar-refractivity contribution in [2.75, 3.05) is 26.7 Å². The van der Waals surface area contributed by atoms with Gasteiger partial charge in [0, 0.05) is 31.7 Å². The van der Waals surface area contributed by atoms with Gasteiger partial charge in [0.05, 0.1) is 22.3 Å². The van der Waals surface area contributed by atoms with Gasteiger partial charge in [0.25, 0.3) is 5.91 Å². The lowest BCUT2D eigenvalue weighted by Gasteiger charge is -2.49. The Morgan fingerprint density at radius 1 is 1.14 bits per heavy atom. The van der Waals surface area contributed by atoms with Crippen molar-refractivity contribution in [1.82, 2.24) is 19.4 Å². The number of benzene rings is 1. The zero-order valence-electron chi connectivity index (χ0n) is 16.3. The highest BCUT2D eigenvalue weighted by molar-refractivity contribution is 7.12. The molecule has 2 aromatic heterocycles. The highest BCUT2D eigenvalue weighted by atomic mass is 32.1. The van der Waals surface area contributed by atoms with Crippen LogP contribution in [0.4, 0.5) is 4.39 Å². The number of aromatic nitrogens is 2. The number of piperidine rings is 1. The molecule has 1 aromatic carbocycles. The molecule has 5 nitrogen and oxygen atoms in total. The molecule has 3 aromatic rings. The summed E-state index contributed by atoms with van der Waals surface area (Å²) in [7, 11) is 2.15. The molecule has 0 saturated carbocycles. The summed E-state index contributed by atoms with van der Waals surface area (Å²) in [4.78, 5) is 22.7. The molecule has 5 rings (SSSR count). The molecule has 1 spiro atoms. The van der Waals surface area contributed by atoms with E-state index in [1.165, 1.54) is 17.4 Å². The van der Waals surface area contributed by atoms with Crippen molar-refractivity contribution in [1.29, 1.82) is 0 Å². The standard InChI is InChI=1S/C22H23FN4OS/c1-25-11-12-27-18(16-4-2-5-17(23)14-16)15-24-21(27)22(25)7-9-26(10-8-22)20(28)19-6-3-13-29-19/h2-6,13-15H,7-12H2,1H3. The molecule has 0 N–H and O–H groups in total. The smallest absolute Gasteiger partial charge is 0.263 e. The number of rotatable bonds is 2. The Morgan fingerprint density at radius 2 is 1.97 bits per heavy atom. The first-order valence-corrected chi connectivity index (χ1v) is 10.8. The van der Waals surface area contributed by atoms with E-state index in [4.69, 9.17) is 4.98 Å². The fraction of sp³-hybridized carbons (Fsp3) is 0.364. The lowest BCUT2D eigenvalue weighted by Crippen LogP contribution is -2.57. The third-order valence-corrected chi connectivity index (χ3v) is 7.25. The van der Waals surface area contributed by atoms with E-state index in [0.717, 1.165) is 47.9 Å². The summed E-state index contributed by atoms with van der Waals surface area (Å²) in [5.41, 5.74) is 1.63. The van der Waals surface area contributed by atoms with Crippen molar-refractivity contribution < 1.29 is 9.18 Å². The number of hydrogen-bond acceptors (Lipinski definition) is 4. The van der Waals surface area contributed by atoms with E-state index in [2.05, 4.69) is 16.5 Å². The minimum Gasteiger partial charge on any atom is -0.338 e. The van der Waals surface area contributed by atoms with Gasteiger partial charge in [-0.15, -0.1) is 11.3 Å². The maximum absolute atomic E-state index is 13.8. The van der Waals surface area contributed by atoms with E-state index in [9.17, 15) is 9.18 Å². The average molecular weight is 411 g/mol. The van der Waals surface area contributed by atoms with Gasteiger partial charge in [0.1, 0.15) is 11.6 Å². The van der Waals surface area contributed by atoms with Crippen LogP contribution < -0.4 is 0 Å². The van der Waals surface area contributed by atoms with Crippen LogP contribution in [0.15, 0.2) is 48.0 Å². The SMILES string of the molecule is CN1CCn2c(-c3cccc(F)c3)cnc2C12CCN(C(=O)c1cccs1)CC2. The molecule has 2 aliphatic heterocycles. The molecule has 4 heterocycles. The lowest BCUT2D eigenvalue weighted by molar-refractivity contribution is 0.0103. The molecule has 1 fully saturated rings. The number of amides is 1. The van der Waals surface area contributed by atoms with Crippen LogP contribution in [0.2, 0.25) is 0 Å². The first kappa shape index (κ1) is 18.5. The number of carbonyl (C=O) groups is 1. The summed E-state index contributed by atoms with van der Waals surface area (Å²) in [5, 5.41) is 1.94. The van der Waals surface area contributed by atoms with E-state index < -0.39 is 0 Å². The number of carbonyl (C=O) groups excluding carboxylic acids is 1. The molecular formula is C22H23FN4OS. The normalized spacial score (nSPS) is 18.8. The molecule has 29 heavy (non-hydrogen) atoms. The summed E-state index contributed by atoms with van der Waals surface area (Å²) < 4.78 is 16.0. The quantitative estimate of drug-likeness (QED) is 0.645. The summed E-state index contributed by atoms with van der Waals surface area (Å²) in [6.45, 7) is 3.16. The second kappa shape index (κ2) is 7.07. The molecule has 1 amide bonds. The zero-order valence-corrected chi connectivity index (χ0v) is 17.2. The maximum atomic E-state index is 13.8. The van der Waals surface area contributed by atoms with Crippen molar-refractivity contribution >= 4 is 17.2 Å². The minimum atomic E-state index is -0.235. The molecule has 1 saturated heterocycles. The molecular weight excluding hydrogens is 387 g/mol. The second-order valence-corrected chi connectivity index (χ2v) is 8.80.